The number of hydrogen-bond donors (Lipinski definition) is 3. The Hall–Kier alpha value is -9.68. The number of halogens is 12. The number of fused-ring (bicyclic) bond motifs is 3. The fraction of sp³-hybridized carbons (Fsp3) is 0.364. The van der Waals surface area contributed by atoms with E-state index in [0.29, 0.717) is 111 Å². The van der Waals surface area contributed by atoms with Crippen molar-refractivity contribution in [2.24, 2.45) is 0 Å². The minimum Gasteiger partial charge on any atom is -0.382 e. The van der Waals surface area contributed by atoms with Crippen molar-refractivity contribution < 1.29 is 88.9 Å². The number of aliphatic hydroxyl groups excluding tert-OH is 1. The minimum atomic E-state index is -4.79. The number of carbonyl (C=O) groups is 2. The second-order valence-electron chi connectivity index (χ2n) is 33.0. The van der Waals surface area contributed by atoms with Crippen molar-refractivity contribution in [1.29, 1.82) is 0 Å². The summed E-state index contributed by atoms with van der Waals surface area (Å²) in [6.45, 7) is 34.4. The molecule has 40 heteroatoms. The van der Waals surface area contributed by atoms with Gasteiger partial charge < -0.3 is 28.0 Å². The smallest absolute Gasteiger partial charge is 0.382 e. The van der Waals surface area contributed by atoms with Gasteiger partial charge >= 0.3 is 18.5 Å². The molecule has 9 aromatic heterocycles. The summed E-state index contributed by atoms with van der Waals surface area (Å²) < 4.78 is 223. The first kappa shape index (κ1) is 100. The summed E-state index contributed by atoms with van der Waals surface area (Å²) in [6.07, 6.45) is -1.68. The number of rotatable bonds is 27. The average molecular weight is 1930 g/mol. The van der Waals surface area contributed by atoms with Crippen molar-refractivity contribution in [3.05, 3.63) is 246 Å². The maximum atomic E-state index is 14.5. The number of ether oxygens (including phenoxy) is 2. The molecule has 0 amide bonds. The highest BCUT2D eigenvalue weighted by Gasteiger charge is 2.49. The van der Waals surface area contributed by atoms with Gasteiger partial charge in [0.05, 0.1) is 69.2 Å². The number of nitrogens with zero attached hydrogens (tertiary/aromatic N) is 10. The van der Waals surface area contributed by atoms with E-state index in [4.69, 9.17) is 54.2 Å². The highest BCUT2D eigenvalue weighted by atomic mass is 35.5. The van der Waals surface area contributed by atoms with E-state index in [0.717, 1.165) is 40.7 Å². The lowest BCUT2D eigenvalue weighted by molar-refractivity contribution is -0.139. The molecule has 23 nitrogen and oxygen atoms in total. The first-order chi connectivity index (χ1) is 59.5. The molecule has 9 heterocycles. The van der Waals surface area contributed by atoms with Crippen LogP contribution in [-0.4, -0.2) is 129 Å². The molecule has 0 fully saturated rings. The van der Waals surface area contributed by atoms with Crippen LogP contribution in [0.5, 0.6) is 0 Å². The predicted molar refractivity (Wildman–Crippen MR) is 484 cm³/mol. The van der Waals surface area contributed by atoms with E-state index in [-0.39, 0.29) is 77.0 Å². The molecule has 12 rings (SSSR count). The summed E-state index contributed by atoms with van der Waals surface area (Å²) >= 11 is 18.6. The van der Waals surface area contributed by atoms with Gasteiger partial charge in [-0.05, 0) is 193 Å². The maximum Gasteiger partial charge on any atom is 0.416 e. The number of aromatic nitrogens is 9. The van der Waals surface area contributed by atoms with Crippen molar-refractivity contribution in [3.8, 4) is 0 Å². The van der Waals surface area contributed by atoms with Crippen LogP contribution in [-0.2, 0) is 58.1 Å². The molecule has 0 radical (unpaired) electrons. The van der Waals surface area contributed by atoms with Crippen LogP contribution < -0.4 is 13.3 Å². The number of aromatic amines is 1. The van der Waals surface area contributed by atoms with Gasteiger partial charge in [0.1, 0.15) is 47.9 Å². The Balaban J connectivity index is 0.000000203. The second kappa shape index (κ2) is 38.4. The van der Waals surface area contributed by atoms with E-state index in [1.54, 1.807) is 45.4 Å². The zero-order valence-electron chi connectivity index (χ0n) is 73.6. The number of methoxy groups -OCH3 is 2. The molecule has 0 spiro atoms. The van der Waals surface area contributed by atoms with Gasteiger partial charge in [-0.3, -0.25) is 19.3 Å². The summed E-state index contributed by atoms with van der Waals surface area (Å²) in [5, 5.41) is 13.9. The van der Waals surface area contributed by atoms with Crippen LogP contribution in [0.3, 0.4) is 0 Å². The van der Waals surface area contributed by atoms with Gasteiger partial charge in [0, 0.05) is 90.4 Å². The van der Waals surface area contributed by atoms with Gasteiger partial charge in [-0.15, -0.1) is 0 Å². The molecular weight excluding hydrogens is 1830 g/mol. The molecule has 0 saturated heterocycles. The number of benzene rings is 3. The van der Waals surface area contributed by atoms with E-state index < -0.39 is 128 Å². The number of carbonyl (C=O) groups excluding carboxylic acids is 2. The quantitative estimate of drug-likeness (QED) is 0.0186. The van der Waals surface area contributed by atoms with Crippen molar-refractivity contribution in [2.75, 3.05) is 41.0 Å². The monoisotopic (exact) mass is 1930 g/mol. The van der Waals surface area contributed by atoms with Crippen LogP contribution in [0.1, 0.15) is 183 Å². The first-order valence-corrected chi connectivity index (χ1v) is 50.1. The summed E-state index contributed by atoms with van der Waals surface area (Å²) in [4.78, 5) is 55.5. The fourth-order valence-electron chi connectivity index (χ4n) is 17.9. The fourth-order valence-corrected chi connectivity index (χ4v) is 35.4. The molecule has 12 aromatic rings. The summed E-state index contributed by atoms with van der Waals surface area (Å²) in [5.41, 5.74) is 1.76. The van der Waals surface area contributed by atoms with Crippen LogP contribution in [0.4, 0.5) is 56.6 Å². The number of alkyl halides is 9. The molecule has 0 bridgehead atoms. The van der Waals surface area contributed by atoms with Gasteiger partial charge in [-0.2, -0.15) is 39.5 Å². The van der Waals surface area contributed by atoms with Gasteiger partial charge in [0.15, 0.2) is 16.5 Å². The number of nitrogens with one attached hydrogen (secondary N) is 2. The Labute approximate surface area is 754 Å². The minimum absolute atomic E-state index is 0.0112. The molecule has 1 atom stereocenters. The third kappa shape index (κ3) is 19.4. The molecule has 0 aliphatic rings. The predicted octanol–water partition coefficient (Wildman–Crippen LogP) is 22.7. The molecule has 3 N–H and O–H groups in total. The molecule has 0 aliphatic carbocycles. The van der Waals surface area contributed by atoms with Gasteiger partial charge in [-0.25, -0.2) is 58.8 Å². The summed E-state index contributed by atoms with van der Waals surface area (Å²) in [5.74, 6) is -1.21. The SMILES string of the molecule is COCN(c1cc(Cl)cnc1C(=O)c1c(C)cnc2c1ccn2[Si](C(C)C)(C(C)C)C(C)C)S(=O)(=O)c1ccc(C)c(C(F)(F)F)c1.COCN(c1cc(Cl)cnc1C(O)c1c(C)cnc2c1ccn2[Si](C(C)C)(C(C)C)C(C)C)S(=O)(=O)c1ccc(C)c(C(F)(F)F)c1.Cc1ccc(S(=O)(=O)Nc2cc(Cl)cnc2C(=O)c2c(C)cnc3[nH]ccc23)cc1C(F)(F)F. The van der Waals surface area contributed by atoms with Crippen molar-refractivity contribution in [3.63, 3.8) is 0 Å². The summed E-state index contributed by atoms with van der Waals surface area (Å²) in [6, 6.07) is 17.3. The Morgan fingerprint density at radius 3 is 1.29 bits per heavy atom. The van der Waals surface area contributed by atoms with Crippen LogP contribution in [0.2, 0.25) is 48.3 Å². The Morgan fingerprint density at radius 2 is 0.836 bits per heavy atom. The number of pyridine rings is 6. The lowest BCUT2D eigenvalue weighted by Crippen LogP contribution is -2.51. The standard InChI is InChI=1S/C33H42ClF3N4O4SSi.C33H40ClF3N4O4SSi.C22H16ClF3N4O3S/c2*1-19(2)47(20(3)4,21(5)6)41-13-12-26-29(23(8)16-39-32(26)41)31(42)30-28(14-24(34)17-38-30)40(18-45-9)46(43,44)25-11-10-22(7)27(15-25)33(35,36)37;1-11-3-4-14(8-16(11)22(24,25)26)34(32,33)30-17-7-13(23)10-28-19(17)20(31)18-12(2)9-29-21-15(18)5-6-27-21/h10-17,19-21,31,42H,18H2,1-9H3;10-17,19-21H,18H2,1-9H3;3-10,30H,1-2H3,(H,27,29). The van der Waals surface area contributed by atoms with E-state index in [1.807, 2.05) is 24.5 Å². The topological polar surface area (TPSA) is 297 Å². The van der Waals surface area contributed by atoms with E-state index in [1.165, 1.54) is 78.0 Å². The Bertz CT molecular complexity index is 6550. The average Bonchev–Trinajstić information content (AvgIpc) is 1.54. The second-order valence-corrected chi connectivity index (χ2v) is 51.2. The molecule has 3 aromatic carbocycles. The number of aryl methyl sites for hydroxylation is 6. The summed E-state index contributed by atoms with van der Waals surface area (Å²) in [7, 11) is -16.0. The van der Waals surface area contributed by atoms with E-state index >= 15 is 0 Å². The number of aliphatic hydroxyl groups is 1. The van der Waals surface area contributed by atoms with Crippen molar-refractivity contribution in [2.45, 2.75) is 197 Å². The van der Waals surface area contributed by atoms with E-state index in [9.17, 15) is 79.5 Å². The van der Waals surface area contributed by atoms with Crippen molar-refractivity contribution >= 4 is 143 Å². The number of ketones is 2. The number of sulfonamides is 3. The van der Waals surface area contributed by atoms with Gasteiger partial charge in [0.2, 0.25) is 11.6 Å². The lowest BCUT2D eigenvalue weighted by atomic mass is 9.98. The van der Waals surface area contributed by atoms with Crippen LogP contribution in [0.25, 0.3) is 33.1 Å². The number of anilines is 3. The normalized spacial score (nSPS) is 13.0. The number of H-pyrrole nitrogens is 1. The Kier molecular flexibility index (Phi) is 30.1. The highest BCUT2D eigenvalue weighted by molar-refractivity contribution is 7.93. The third-order valence-electron chi connectivity index (χ3n) is 23.3. The van der Waals surface area contributed by atoms with Crippen LogP contribution in [0, 0.1) is 41.5 Å². The number of hydrogen-bond acceptors (Lipinski definition) is 17. The lowest BCUT2D eigenvalue weighted by Gasteiger charge is -2.44. The third-order valence-corrected chi connectivity index (χ3v) is 42.2. The van der Waals surface area contributed by atoms with Gasteiger partial charge in [-0.1, -0.05) is 136 Å². The van der Waals surface area contributed by atoms with Gasteiger partial charge in [0.25, 0.3) is 30.1 Å². The van der Waals surface area contributed by atoms with Crippen LogP contribution >= 0.6 is 34.8 Å². The molecule has 686 valence electrons. The molecule has 0 saturated carbocycles. The van der Waals surface area contributed by atoms with E-state index in [2.05, 4.69) is 121 Å². The molecule has 128 heavy (non-hydrogen) atoms. The molecule has 0 aliphatic heterocycles. The largest absolute Gasteiger partial charge is 0.416 e. The zero-order chi connectivity index (χ0) is 95.3. The van der Waals surface area contributed by atoms with Crippen molar-refractivity contribution in [1.82, 2.24) is 43.4 Å². The molecule has 1 unspecified atom stereocenters. The highest BCUT2D eigenvalue weighted by Crippen LogP contribution is 2.49. The zero-order valence-corrected chi connectivity index (χ0v) is 80.3. The molecular formula is C88H98Cl3F9N12O11S3Si2. The maximum absolute atomic E-state index is 14.5. The first-order valence-electron chi connectivity index (χ1n) is 40.2. The Morgan fingerprint density at radius 1 is 0.461 bits per heavy atom. The van der Waals surface area contributed by atoms with Crippen LogP contribution in [0.15, 0.2) is 161 Å².